The molecule has 1 fully saturated rings. The maximum absolute atomic E-state index is 12.9. The molecule has 2 heterocycles. The molecule has 0 saturated carbocycles. The molecule has 1 aromatic heterocycles. The summed E-state index contributed by atoms with van der Waals surface area (Å²) in [5.41, 5.74) is 0.869. The number of carbonyl (C=O) groups excluding carboxylic acids is 1. The molecule has 0 radical (unpaired) electrons. The fourth-order valence-corrected chi connectivity index (χ4v) is 4.97. The maximum atomic E-state index is 12.9. The van der Waals surface area contributed by atoms with Crippen LogP contribution in [-0.4, -0.2) is 61.5 Å². The van der Waals surface area contributed by atoms with E-state index in [1.807, 2.05) is 0 Å². The zero-order valence-electron chi connectivity index (χ0n) is 18.8. The summed E-state index contributed by atoms with van der Waals surface area (Å²) in [6.45, 7) is 3.89. The molecular weight excluding hydrogens is 513 g/mol. The first-order valence-electron chi connectivity index (χ1n) is 10.8. The normalized spacial score (nSPS) is 14.9. The number of hydrogen-bond acceptors (Lipinski definition) is 7. The molecule has 1 N–H and O–H groups in total. The van der Waals surface area contributed by atoms with Crippen molar-refractivity contribution in [3.63, 3.8) is 0 Å². The van der Waals surface area contributed by atoms with Crippen LogP contribution in [0.5, 0.6) is 5.75 Å². The van der Waals surface area contributed by atoms with Gasteiger partial charge in [0, 0.05) is 49.2 Å². The Hall–Kier alpha value is -3.08. The second kappa shape index (κ2) is 10.7. The third-order valence-corrected chi connectivity index (χ3v) is 7.39. The number of halogens is 2. The molecule has 184 valence electrons. The van der Waals surface area contributed by atoms with E-state index < -0.39 is 16.1 Å². The van der Waals surface area contributed by atoms with E-state index in [-0.39, 0.29) is 16.6 Å². The molecule has 4 rings (SSSR count). The standard InChI is InChI=1S/C23H23Cl2N5O4S/c1-16(34-21-14-17(24)2-7-20(21)25)23(31)30-12-10-29(11-13-30)18-3-5-19(6-4-18)35(32,33)28-22-8-9-26-15-27-22/h2-9,14-16H,10-13H2,1H3,(H,26,27,28). The number of hydrogen-bond donors (Lipinski definition) is 1. The van der Waals surface area contributed by atoms with Crippen molar-refractivity contribution in [3.8, 4) is 5.75 Å². The number of carbonyl (C=O) groups is 1. The number of piperazine rings is 1. The molecule has 0 bridgehead atoms. The zero-order chi connectivity index (χ0) is 25.0. The summed E-state index contributed by atoms with van der Waals surface area (Å²) >= 11 is 12.1. The van der Waals surface area contributed by atoms with E-state index in [1.165, 1.54) is 18.6 Å². The van der Waals surface area contributed by atoms with Gasteiger partial charge in [0.1, 0.15) is 17.9 Å². The number of ether oxygens (including phenoxy) is 1. The Labute approximate surface area is 213 Å². The van der Waals surface area contributed by atoms with Gasteiger partial charge < -0.3 is 14.5 Å². The van der Waals surface area contributed by atoms with E-state index in [4.69, 9.17) is 27.9 Å². The molecule has 12 heteroatoms. The predicted molar refractivity (Wildman–Crippen MR) is 135 cm³/mol. The lowest BCUT2D eigenvalue weighted by Gasteiger charge is -2.37. The van der Waals surface area contributed by atoms with Crippen LogP contribution in [0.2, 0.25) is 10.0 Å². The minimum Gasteiger partial charge on any atom is -0.479 e. The largest absolute Gasteiger partial charge is 0.479 e. The molecule has 35 heavy (non-hydrogen) atoms. The summed E-state index contributed by atoms with van der Waals surface area (Å²) in [7, 11) is -3.77. The van der Waals surface area contributed by atoms with Gasteiger partial charge in [-0.05, 0) is 49.4 Å². The molecule has 0 spiro atoms. The van der Waals surface area contributed by atoms with Gasteiger partial charge in [-0.15, -0.1) is 0 Å². The number of nitrogens with zero attached hydrogens (tertiary/aromatic N) is 4. The lowest BCUT2D eigenvalue weighted by molar-refractivity contribution is -0.138. The van der Waals surface area contributed by atoms with Gasteiger partial charge in [-0.25, -0.2) is 18.4 Å². The number of anilines is 2. The van der Waals surface area contributed by atoms with Crippen LogP contribution >= 0.6 is 23.2 Å². The highest BCUT2D eigenvalue weighted by molar-refractivity contribution is 7.92. The summed E-state index contributed by atoms with van der Waals surface area (Å²) < 4.78 is 33.3. The van der Waals surface area contributed by atoms with Crippen molar-refractivity contribution in [3.05, 3.63) is 71.1 Å². The molecule has 1 saturated heterocycles. The summed E-state index contributed by atoms with van der Waals surface area (Å²) in [6.07, 6.45) is 2.01. The number of benzene rings is 2. The molecule has 1 aliphatic heterocycles. The van der Waals surface area contributed by atoms with Gasteiger partial charge in [-0.2, -0.15) is 0 Å². The minimum absolute atomic E-state index is 0.124. The van der Waals surface area contributed by atoms with Gasteiger partial charge in [0.05, 0.1) is 9.92 Å². The van der Waals surface area contributed by atoms with E-state index >= 15 is 0 Å². The topological polar surface area (TPSA) is 105 Å². The van der Waals surface area contributed by atoms with Crippen molar-refractivity contribution in [2.75, 3.05) is 35.8 Å². The molecule has 2 aromatic carbocycles. The lowest BCUT2D eigenvalue weighted by atomic mass is 10.2. The highest BCUT2D eigenvalue weighted by Crippen LogP contribution is 2.29. The van der Waals surface area contributed by atoms with Crippen LogP contribution in [0.4, 0.5) is 11.5 Å². The number of sulfonamides is 1. The number of aromatic nitrogens is 2. The van der Waals surface area contributed by atoms with Crippen LogP contribution in [0.15, 0.2) is 66.0 Å². The first kappa shape index (κ1) is 25.0. The van der Waals surface area contributed by atoms with Crippen LogP contribution < -0.4 is 14.4 Å². The number of rotatable bonds is 7. The summed E-state index contributed by atoms with van der Waals surface area (Å²) in [6, 6.07) is 12.9. The lowest BCUT2D eigenvalue weighted by Crippen LogP contribution is -2.52. The van der Waals surface area contributed by atoms with Crippen molar-refractivity contribution < 1.29 is 17.9 Å². The molecule has 3 aromatic rings. The smallest absolute Gasteiger partial charge is 0.263 e. The Balaban J connectivity index is 1.33. The van der Waals surface area contributed by atoms with Crippen molar-refractivity contribution in [2.24, 2.45) is 0 Å². The van der Waals surface area contributed by atoms with Gasteiger partial charge >= 0.3 is 0 Å². The second-order valence-electron chi connectivity index (χ2n) is 7.84. The number of amides is 1. The third kappa shape index (κ3) is 6.14. The molecule has 1 amide bonds. The number of nitrogens with one attached hydrogen (secondary N) is 1. The Morgan fingerprint density at radius 3 is 2.43 bits per heavy atom. The second-order valence-corrected chi connectivity index (χ2v) is 10.4. The van der Waals surface area contributed by atoms with Gasteiger partial charge in [0.25, 0.3) is 15.9 Å². The molecule has 1 unspecified atom stereocenters. The SMILES string of the molecule is CC(Oc1cc(Cl)ccc1Cl)C(=O)N1CCN(c2ccc(S(=O)(=O)Nc3ccncn3)cc2)CC1. The Bertz CT molecular complexity index is 1290. The van der Waals surface area contributed by atoms with Gasteiger partial charge in [0.15, 0.2) is 6.10 Å². The van der Waals surface area contributed by atoms with Crippen LogP contribution in [0.25, 0.3) is 0 Å². The van der Waals surface area contributed by atoms with E-state index in [0.29, 0.717) is 42.0 Å². The highest BCUT2D eigenvalue weighted by atomic mass is 35.5. The summed E-state index contributed by atoms with van der Waals surface area (Å²) in [4.78, 5) is 24.5. The molecular formula is C23H23Cl2N5O4S. The van der Waals surface area contributed by atoms with Gasteiger partial charge in [-0.3, -0.25) is 9.52 Å². The minimum atomic E-state index is -3.77. The van der Waals surface area contributed by atoms with Crippen molar-refractivity contribution in [1.82, 2.24) is 14.9 Å². The van der Waals surface area contributed by atoms with Crippen LogP contribution in [0, 0.1) is 0 Å². The van der Waals surface area contributed by atoms with E-state index in [1.54, 1.807) is 54.3 Å². The third-order valence-electron chi connectivity index (χ3n) is 5.47. The van der Waals surface area contributed by atoms with Gasteiger partial charge in [0.2, 0.25) is 0 Å². The quantitative estimate of drug-likeness (QED) is 0.491. The Morgan fingerprint density at radius 1 is 1.06 bits per heavy atom. The Morgan fingerprint density at radius 2 is 1.77 bits per heavy atom. The summed E-state index contributed by atoms with van der Waals surface area (Å²) in [5.74, 6) is 0.418. The fourth-order valence-electron chi connectivity index (χ4n) is 3.63. The first-order chi connectivity index (χ1) is 16.7. The molecule has 9 nitrogen and oxygen atoms in total. The van der Waals surface area contributed by atoms with Crippen molar-refractivity contribution in [2.45, 2.75) is 17.9 Å². The van der Waals surface area contributed by atoms with Crippen LogP contribution in [-0.2, 0) is 14.8 Å². The summed E-state index contributed by atoms with van der Waals surface area (Å²) in [5, 5.41) is 0.859. The van der Waals surface area contributed by atoms with Crippen molar-refractivity contribution >= 4 is 50.6 Å². The molecule has 1 atom stereocenters. The predicted octanol–water partition coefficient (Wildman–Crippen LogP) is 3.70. The van der Waals surface area contributed by atoms with E-state index in [2.05, 4.69) is 19.6 Å². The monoisotopic (exact) mass is 535 g/mol. The van der Waals surface area contributed by atoms with Crippen LogP contribution in [0.3, 0.4) is 0 Å². The van der Waals surface area contributed by atoms with Gasteiger partial charge in [-0.1, -0.05) is 23.2 Å². The maximum Gasteiger partial charge on any atom is 0.263 e. The van der Waals surface area contributed by atoms with E-state index in [9.17, 15) is 13.2 Å². The van der Waals surface area contributed by atoms with Crippen molar-refractivity contribution in [1.29, 1.82) is 0 Å². The highest BCUT2D eigenvalue weighted by Gasteiger charge is 2.27. The van der Waals surface area contributed by atoms with Crippen LogP contribution in [0.1, 0.15) is 6.92 Å². The first-order valence-corrected chi connectivity index (χ1v) is 13.0. The Kier molecular flexibility index (Phi) is 7.63. The molecule has 0 aliphatic carbocycles. The molecule has 1 aliphatic rings. The average molecular weight is 536 g/mol. The zero-order valence-corrected chi connectivity index (χ0v) is 21.1. The van der Waals surface area contributed by atoms with E-state index in [0.717, 1.165) is 5.69 Å². The average Bonchev–Trinajstić information content (AvgIpc) is 2.86. The fraction of sp³-hybridized carbons (Fsp3) is 0.261.